The average Bonchev–Trinajstić information content (AvgIpc) is 3.59. The van der Waals surface area contributed by atoms with Crippen LogP contribution in [0.2, 0.25) is 0 Å². The molecule has 2 saturated heterocycles. The summed E-state index contributed by atoms with van der Waals surface area (Å²) in [5, 5.41) is 13.5. The number of hydrogen-bond donors (Lipinski definition) is 0. The van der Waals surface area contributed by atoms with Crippen molar-refractivity contribution in [3.05, 3.63) is 37.3 Å². The molecule has 0 aromatic carbocycles. The predicted octanol–water partition coefficient (Wildman–Crippen LogP) is 1.75. The van der Waals surface area contributed by atoms with Crippen LogP contribution in [0.3, 0.4) is 0 Å². The number of nitrogens with zero attached hydrogens (tertiary/aromatic N) is 10. The molecule has 6 rings (SSSR count). The predicted molar refractivity (Wildman–Crippen MR) is 118 cm³/mol. The Hall–Kier alpha value is -3.47. The summed E-state index contributed by atoms with van der Waals surface area (Å²) < 4.78 is 11.3. The number of fused-ring (bicyclic) bond motifs is 1. The van der Waals surface area contributed by atoms with Gasteiger partial charge in [0.15, 0.2) is 11.9 Å². The van der Waals surface area contributed by atoms with Gasteiger partial charge < -0.3 is 14.5 Å². The number of ether oxygens (including phenoxy) is 1. The lowest BCUT2D eigenvalue weighted by Crippen LogP contribution is -2.47. The lowest BCUT2D eigenvalue weighted by atomic mass is 10.2. The summed E-state index contributed by atoms with van der Waals surface area (Å²) in [5.41, 5.74) is 3.94. The molecule has 11 heteroatoms. The van der Waals surface area contributed by atoms with E-state index in [2.05, 4.69) is 30.1 Å². The van der Waals surface area contributed by atoms with E-state index >= 15 is 0 Å². The van der Waals surface area contributed by atoms with Crippen LogP contribution in [0.1, 0.15) is 25.5 Å². The van der Waals surface area contributed by atoms with Crippen LogP contribution in [0, 0.1) is 0 Å². The summed E-state index contributed by atoms with van der Waals surface area (Å²) >= 11 is 0. The summed E-state index contributed by atoms with van der Waals surface area (Å²) in [4.78, 5) is 13.8. The van der Waals surface area contributed by atoms with E-state index in [1.165, 1.54) is 6.42 Å². The first-order valence-electron chi connectivity index (χ1n) is 11.1. The molecule has 2 aliphatic heterocycles. The maximum atomic E-state index is 5.82. The first kappa shape index (κ1) is 19.2. The largest absolute Gasteiger partial charge is 0.364 e. The van der Waals surface area contributed by atoms with Gasteiger partial charge in [-0.05, 0) is 19.3 Å². The number of rotatable bonds is 4. The van der Waals surface area contributed by atoms with Crippen LogP contribution in [0.4, 0.5) is 11.6 Å². The van der Waals surface area contributed by atoms with E-state index in [1.54, 1.807) is 11.0 Å². The third-order valence-corrected chi connectivity index (χ3v) is 6.23. The molecular weight excluding hydrogens is 408 g/mol. The van der Waals surface area contributed by atoms with Crippen molar-refractivity contribution in [1.29, 1.82) is 0 Å². The number of hydrogen-bond acceptors (Lipinski definition) is 8. The highest BCUT2D eigenvalue weighted by atomic mass is 16.5. The van der Waals surface area contributed by atoms with Crippen LogP contribution in [0.25, 0.3) is 16.8 Å². The lowest BCUT2D eigenvalue weighted by molar-refractivity contribution is -0.0396. The Bertz CT molecular complexity index is 1210. The highest BCUT2D eigenvalue weighted by Gasteiger charge is 2.24. The summed E-state index contributed by atoms with van der Waals surface area (Å²) in [6.45, 7) is 4.22. The summed E-state index contributed by atoms with van der Waals surface area (Å²) in [7, 11) is 1.91. The molecule has 11 nitrogen and oxygen atoms in total. The zero-order chi connectivity index (χ0) is 21.5. The summed E-state index contributed by atoms with van der Waals surface area (Å²) in [5.74, 6) is 0.776. The first-order chi connectivity index (χ1) is 15.7. The van der Waals surface area contributed by atoms with E-state index < -0.39 is 0 Å². The van der Waals surface area contributed by atoms with Crippen molar-refractivity contribution < 1.29 is 4.74 Å². The van der Waals surface area contributed by atoms with Gasteiger partial charge in [-0.15, -0.1) is 5.10 Å². The van der Waals surface area contributed by atoms with Crippen LogP contribution >= 0.6 is 0 Å². The van der Waals surface area contributed by atoms with Gasteiger partial charge in [0.2, 0.25) is 5.95 Å². The minimum Gasteiger partial charge on any atom is -0.364 e. The summed E-state index contributed by atoms with van der Waals surface area (Å²) in [6.07, 6.45) is 14.7. The number of piperazine rings is 1. The molecule has 4 aromatic heterocycles. The monoisotopic (exact) mass is 434 g/mol. The van der Waals surface area contributed by atoms with Crippen molar-refractivity contribution in [2.75, 3.05) is 42.6 Å². The fourth-order valence-corrected chi connectivity index (χ4v) is 4.43. The van der Waals surface area contributed by atoms with Gasteiger partial charge in [-0.1, -0.05) is 0 Å². The van der Waals surface area contributed by atoms with E-state index in [0.717, 1.165) is 74.0 Å². The average molecular weight is 435 g/mol. The Morgan fingerprint density at radius 1 is 0.906 bits per heavy atom. The van der Waals surface area contributed by atoms with Crippen molar-refractivity contribution in [2.24, 2.45) is 7.05 Å². The van der Waals surface area contributed by atoms with Crippen molar-refractivity contribution in [1.82, 2.24) is 39.1 Å². The van der Waals surface area contributed by atoms with Gasteiger partial charge in [-0.2, -0.15) is 10.2 Å². The zero-order valence-electron chi connectivity index (χ0n) is 18.1. The van der Waals surface area contributed by atoms with E-state index in [0.29, 0.717) is 0 Å². The van der Waals surface area contributed by atoms with Crippen LogP contribution in [-0.2, 0) is 11.8 Å². The summed E-state index contributed by atoms with van der Waals surface area (Å²) in [6, 6.07) is 0. The molecule has 6 heterocycles. The second-order valence-electron chi connectivity index (χ2n) is 8.36. The van der Waals surface area contributed by atoms with Gasteiger partial charge >= 0.3 is 0 Å². The van der Waals surface area contributed by atoms with Crippen LogP contribution in [0.15, 0.2) is 37.3 Å². The van der Waals surface area contributed by atoms with Crippen molar-refractivity contribution in [3.8, 4) is 11.1 Å². The zero-order valence-corrected chi connectivity index (χ0v) is 18.1. The molecule has 2 fully saturated rings. The van der Waals surface area contributed by atoms with Gasteiger partial charge in [0.1, 0.15) is 12.0 Å². The molecule has 166 valence electrons. The quantitative estimate of drug-likeness (QED) is 0.480. The Morgan fingerprint density at radius 2 is 1.75 bits per heavy atom. The molecule has 1 unspecified atom stereocenters. The molecule has 0 N–H and O–H groups in total. The van der Waals surface area contributed by atoms with E-state index in [9.17, 15) is 0 Å². The Kier molecular flexibility index (Phi) is 4.75. The van der Waals surface area contributed by atoms with E-state index in [4.69, 9.17) is 9.72 Å². The molecule has 2 aliphatic rings. The van der Waals surface area contributed by atoms with E-state index in [-0.39, 0.29) is 6.23 Å². The van der Waals surface area contributed by atoms with Gasteiger partial charge in [0.25, 0.3) is 0 Å². The molecule has 0 radical (unpaired) electrons. The van der Waals surface area contributed by atoms with Gasteiger partial charge in [-0.25, -0.2) is 19.2 Å². The maximum absolute atomic E-state index is 5.82. The van der Waals surface area contributed by atoms with Crippen molar-refractivity contribution in [2.45, 2.75) is 25.5 Å². The molecule has 0 amide bonds. The van der Waals surface area contributed by atoms with Crippen molar-refractivity contribution in [3.63, 3.8) is 0 Å². The molecule has 0 bridgehead atoms. The fourth-order valence-electron chi connectivity index (χ4n) is 4.43. The Morgan fingerprint density at radius 3 is 2.53 bits per heavy atom. The topological polar surface area (TPSA) is 94.4 Å². The fraction of sp³-hybridized carbons (Fsp3) is 0.476. The highest BCUT2D eigenvalue weighted by Crippen LogP contribution is 2.26. The van der Waals surface area contributed by atoms with Gasteiger partial charge in [0, 0.05) is 69.6 Å². The molecule has 0 spiro atoms. The second kappa shape index (κ2) is 7.90. The molecule has 4 aromatic rings. The minimum absolute atomic E-state index is 0.0210. The second-order valence-corrected chi connectivity index (χ2v) is 8.36. The van der Waals surface area contributed by atoms with Crippen molar-refractivity contribution >= 4 is 17.3 Å². The highest BCUT2D eigenvalue weighted by molar-refractivity contribution is 5.71. The van der Waals surface area contributed by atoms with Gasteiger partial charge in [0.05, 0.1) is 12.4 Å². The molecule has 0 aliphatic carbocycles. The SMILES string of the molecule is Cn1cc(-c2cnc3c(N4CCN(c5ncn(C6CCCCO6)n5)CC4)cnn3c2)cn1. The maximum Gasteiger partial charge on any atom is 0.244 e. The molecule has 1 atom stereocenters. The van der Waals surface area contributed by atoms with Crippen LogP contribution < -0.4 is 9.80 Å². The molecule has 32 heavy (non-hydrogen) atoms. The number of aryl methyl sites for hydroxylation is 1. The molecule has 0 saturated carbocycles. The number of anilines is 2. The number of aromatic nitrogens is 8. The van der Waals surface area contributed by atoms with Crippen LogP contribution in [-0.4, -0.2) is 71.9 Å². The smallest absolute Gasteiger partial charge is 0.244 e. The third kappa shape index (κ3) is 3.48. The normalized spacial score (nSPS) is 19.7. The first-order valence-corrected chi connectivity index (χ1v) is 11.1. The lowest BCUT2D eigenvalue weighted by Gasteiger charge is -2.34. The third-order valence-electron chi connectivity index (χ3n) is 6.23. The standard InChI is InChI=1S/C21H26N10O/c1-27-13-17(11-24-27)16-10-22-20-18(12-25-30(20)14-16)28-5-7-29(8-6-28)21-23-15-31(26-21)19-4-2-3-9-32-19/h10-15,19H,2-9H2,1H3. The Labute approximate surface area is 185 Å². The van der Waals surface area contributed by atoms with Crippen LogP contribution in [0.5, 0.6) is 0 Å². The minimum atomic E-state index is 0.0210. The molecular formula is C21H26N10O. The van der Waals surface area contributed by atoms with E-state index in [1.807, 2.05) is 47.2 Å². The Balaban J connectivity index is 1.15. The van der Waals surface area contributed by atoms with Gasteiger partial charge in [-0.3, -0.25) is 4.68 Å².